The second kappa shape index (κ2) is 8.37. The average Bonchev–Trinajstić information content (AvgIpc) is 2.52. The number of benzene rings is 1. The lowest BCUT2D eigenvalue weighted by Crippen LogP contribution is -2.48. The van der Waals surface area contributed by atoms with Crippen molar-refractivity contribution >= 4 is 0 Å². The summed E-state index contributed by atoms with van der Waals surface area (Å²) in [7, 11) is 1.73. The molecule has 0 saturated carbocycles. The smallest absolute Gasteiger partial charge is 0.122 e. The van der Waals surface area contributed by atoms with Crippen LogP contribution >= 0.6 is 0 Å². The molecule has 0 amide bonds. The molecule has 1 aromatic rings. The Morgan fingerprint density at radius 1 is 1.38 bits per heavy atom. The van der Waals surface area contributed by atoms with Crippen molar-refractivity contribution in [3.8, 4) is 5.75 Å². The van der Waals surface area contributed by atoms with Gasteiger partial charge >= 0.3 is 0 Å². The molecule has 0 bridgehead atoms. The predicted molar refractivity (Wildman–Crippen MR) is 84.1 cm³/mol. The minimum absolute atomic E-state index is 0.107. The van der Waals surface area contributed by atoms with Crippen LogP contribution in [0, 0.1) is 6.92 Å². The second-order valence-corrected chi connectivity index (χ2v) is 5.56. The number of hydrogen-bond acceptors (Lipinski definition) is 4. The first-order chi connectivity index (χ1) is 10.2. The summed E-state index contributed by atoms with van der Waals surface area (Å²) in [5.74, 6) is 0.945. The van der Waals surface area contributed by atoms with Gasteiger partial charge in [-0.3, -0.25) is 0 Å². The first kappa shape index (κ1) is 16.3. The molecule has 4 heteroatoms. The van der Waals surface area contributed by atoms with Crippen LogP contribution in [0.3, 0.4) is 0 Å². The fourth-order valence-electron chi connectivity index (χ4n) is 2.71. The summed E-state index contributed by atoms with van der Waals surface area (Å²) in [5, 5.41) is 3.60. The van der Waals surface area contributed by atoms with Gasteiger partial charge in [0.2, 0.25) is 0 Å². The van der Waals surface area contributed by atoms with Crippen molar-refractivity contribution in [2.45, 2.75) is 38.8 Å². The summed E-state index contributed by atoms with van der Waals surface area (Å²) >= 11 is 0. The maximum atomic E-state index is 5.88. The predicted octanol–water partition coefficient (Wildman–Crippen LogP) is 2.33. The summed E-state index contributed by atoms with van der Waals surface area (Å²) in [6.07, 6.45) is 2.10. The fraction of sp³-hybridized carbons (Fsp3) is 0.647. The third kappa shape index (κ3) is 4.70. The van der Waals surface area contributed by atoms with Crippen molar-refractivity contribution in [3.05, 3.63) is 29.3 Å². The topological polar surface area (TPSA) is 39.7 Å². The molecule has 2 rings (SSSR count). The van der Waals surface area contributed by atoms with E-state index in [4.69, 9.17) is 14.2 Å². The Labute approximate surface area is 127 Å². The summed E-state index contributed by atoms with van der Waals surface area (Å²) in [4.78, 5) is 0. The molecule has 0 spiro atoms. The molecule has 118 valence electrons. The van der Waals surface area contributed by atoms with Gasteiger partial charge in [0.25, 0.3) is 0 Å². The highest BCUT2D eigenvalue weighted by atomic mass is 16.6. The molecular weight excluding hydrogens is 266 g/mol. The standard InChI is InChI=1S/C17H27NO3/c1-4-7-18-15(17-12-20-8-9-21-17)11-14-10-13(2)5-6-16(14)19-3/h5-6,10,15,17-18H,4,7-9,11-12H2,1-3H3. The molecule has 1 aliphatic heterocycles. The van der Waals surface area contributed by atoms with E-state index in [1.54, 1.807) is 7.11 Å². The van der Waals surface area contributed by atoms with E-state index in [1.165, 1.54) is 11.1 Å². The SMILES string of the molecule is CCCNC(Cc1cc(C)ccc1OC)C1COCCO1. The van der Waals surface area contributed by atoms with Gasteiger partial charge < -0.3 is 19.5 Å². The molecule has 1 fully saturated rings. The van der Waals surface area contributed by atoms with E-state index < -0.39 is 0 Å². The molecule has 0 radical (unpaired) electrons. The Hall–Kier alpha value is -1.10. The quantitative estimate of drug-likeness (QED) is 0.837. The van der Waals surface area contributed by atoms with E-state index in [1.807, 2.05) is 6.07 Å². The van der Waals surface area contributed by atoms with Crippen LogP contribution in [-0.4, -0.2) is 45.6 Å². The highest BCUT2D eigenvalue weighted by molar-refractivity contribution is 5.37. The summed E-state index contributed by atoms with van der Waals surface area (Å²) in [6.45, 7) is 7.31. The zero-order valence-electron chi connectivity index (χ0n) is 13.4. The molecule has 0 aliphatic carbocycles. The number of rotatable bonds is 7. The lowest BCUT2D eigenvalue weighted by molar-refractivity contribution is -0.101. The van der Waals surface area contributed by atoms with Crippen LogP contribution in [0.25, 0.3) is 0 Å². The van der Waals surface area contributed by atoms with E-state index >= 15 is 0 Å². The molecule has 1 saturated heterocycles. The van der Waals surface area contributed by atoms with E-state index in [0.717, 1.165) is 25.1 Å². The monoisotopic (exact) mass is 293 g/mol. The number of hydrogen-bond donors (Lipinski definition) is 1. The van der Waals surface area contributed by atoms with Crippen molar-refractivity contribution in [2.24, 2.45) is 0 Å². The fourth-order valence-corrected chi connectivity index (χ4v) is 2.71. The molecular formula is C17H27NO3. The third-order valence-corrected chi connectivity index (χ3v) is 3.82. The van der Waals surface area contributed by atoms with Crippen LogP contribution < -0.4 is 10.1 Å². The maximum Gasteiger partial charge on any atom is 0.122 e. The maximum absolute atomic E-state index is 5.88. The Kier molecular flexibility index (Phi) is 6.49. The van der Waals surface area contributed by atoms with Gasteiger partial charge in [0.1, 0.15) is 5.75 Å². The first-order valence-corrected chi connectivity index (χ1v) is 7.80. The van der Waals surface area contributed by atoms with Gasteiger partial charge in [-0.2, -0.15) is 0 Å². The van der Waals surface area contributed by atoms with Crippen molar-refractivity contribution < 1.29 is 14.2 Å². The zero-order chi connectivity index (χ0) is 15.1. The van der Waals surface area contributed by atoms with Crippen molar-refractivity contribution in [1.29, 1.82) is 0 Å². The lowest BCUT2D eigenvalue weighted by atomic mass is 9.98. The van der Waals surface area contributed by atoms with E-state index in [-0.39, 0.29) is 12.1 Å². The minimum Gasteiger partial charge on any atom is -0.496 e. The van der Waals surface area contributed by atoms with Gasteiger partial charge in [0, 0.05) is 6.04 Å². The molecule has 1 heterocycles. The normalized spacial score (nSPS) is 20.2. The number of methoxy groups -OCH3 is 1. The molecule has 4 nitrogen and oxygen atoms in total. The third-order valence-electron chi connectivity index (χ3n) is 3.82. The van der Waals surface area contributed by atoms with Gasteiger partial charge in [-0.05, 0) is 37.9 Å². The number of aryl methyl sites for hydroxylation is 1. The second-order valence-electron chi connectivity index (χ2n) is 5.56. The molecule has 1 aliphatic rings. The Balaban J connectivity index is 2.11. The van der Waals surface area contributed by atoms with Gasteiger partial charge in [-0.1, -0.05) is 24.6 Å². The Morgan fingerprint density at radius 2 is 2.24 bits per heavy atom. The number of nitrogens with one attached hydrogen (secondary N) is 1. The first-order valence-electron chi connectivity index (χ1n) is 7.80. The molecule has 2 atom stereocenters. The van der Waals surface area contributed by atoms with Crippen LogP contribution in [0.4, 0.5) is 0 Å². The molecule has 1 N–H and O–H groups in total. The van der Waals surface area contributed by atoms with Crippen LogP contribution in [0.5, 0.6) is 5.75 Å². The minimum atomic E-state index is 0.107. The van der Waals surface area contributed by atoms with Gasteiger partial charge in [-0.15, -0.1) is 0 Å². The van der Waals surface area contributed by atoms with E-state index in [2.05, 4.69) is 31.3 Å². The van der Waals surface area contributed by atoms with E-state index in [9.17, 15) is 0 Å². The van der Waals surface area contributed by atoms with Crippen LogP contribution in [-0.2, 0) is 15.9 Å². The molecule has 0 aromatic heterocycles. The van der Waals surface area contributed by atoms with Gasteiger partial charge in [-0.25, -0.2) is 0 Å². The van der Waals surface area contributed by atoms with E-state index in [0.29, 0.717) is 19.8 Å². The summed E-state index contributed by atoms with van der Waals surface area (Å²) in [5.41, 5.74) is 2.47. The Morgan fingerprint density at radius 3 is 2.90 bits per heavy atom. The molecule has 1 aromatic carbocycles. The van der Waals surface area contributed by atoms with Crippen molar-refractivity contribution in [1.82, 2.24) is 5.32 Å². The summed E-state index contributed by atoms with van der Waals surface area (Å²) in [6, 6.07) is 6.57. The van der Waals surface area contributed by atoms with Crippen LogP contribution in [0.1, 0.15) is 24.5 Å². The van der Waals surface area contributed by atoms with Crippen LogP contribution in [0.15, 0.2) is 18.2 Å². The average molecular weight is 293 g/mol. The number of ether oxygens (including phenoxy) is 3. The van der Waals surface area contributed by atoms with Crippen molar-refractivity contribution in [3.63, 3.8) is 0 Å². The molecule has 2 unspecified atom stereocenters. The largest absolute Gasteiger partial charge is 0.496 e. The highest BCUT2D eigenvalue weighted by Crippen LogP contribution is 2.23. The van der Waals surface area contributed by atoms with Gasteiger partial charge in [0.15, 0.2) is 0 Å². The lowest BCUT2D eigenvalue weighted by Gasteiger charge is -2.31. The zero-order valence-corrected chi connectivity index (χ0v) is 13.4. The van der Waals surface area contributed by atoms with Crippen molar-refractivity contribution in [2.75, 3.05) is 33.5 Å². The highest BCUT2D eigenvalue weighted by Gasteiger charge is 2.25. The molecule has 21 heavy (non-hydrogen) atoms. The van der Waals surface area contributed by atoms with Gasteiger partial charge in [0.05, 0.1) is 33.0 Å². The van der Waals surface area contributed by atoms with Crippen LogP contribution in [0.2, 0.25) is 0 Å². The Bertz CT molecular complexity index is 430. The summed E-state index contributed by atoms with van der Waals surface area (Å²) < 4.78 is 16.9.